The molecule has 4 rings (SSSR count). The second-order valence-electron chi connectivity index (χ2n) is 6.93. The lowest BCUT2D eigenvalue weighted by Gasteiger charge is -2.29. The van der Waals surface area contributed by atoms with Crippen molar-refractivity contribution in [2.45, 2.75) is 19.9 Å². The van der Waals surface area contributed by atoms with E-state index in [-0.39, 0.29) is 18.4 Å². The third-order valence-corrected chi connectivity index (χ3v) is 5.96. The highest BCUT2D eigenvalue weighted by Gasteiger charge is 2.34. The Balaban J connectivity index is 1.87. The molecule has 1 unspecified atom stereocenters. The molecule has 1 aromatic heterocycles. The molecular formula is C22H19FN2O2S. The van der Waals surface area contributed by atoms with Gasteiger partial charge in [-0.3, -0.25) is 9.59 Å². The van der Waals surface area contributed by atoms with Gasteiger partial charge in [-0.25, -0.2) is 4.39 Å². The third-order valence-electron chi connectivity index (χ3n) is 5.04. The summed E-state index contributed by atoms with van der Waals surface area (Å²) in [5.74, 6) is -0.965. The van der Waals surface area contributed by atoms with E-state index >= 15 is 0 Å². The van der Waals surface area contributed by atoms with E-state index in [1.165, 1.54) is 28.4 Å². The molecule has 28 heavy (non-hydrogen) atoms. The van der Waals surface area contributed by atoms with Gasteiger partial charge in [0.15, 0.2) is 0 Å². The van der Waals surface area contributed by atoms with Gasteiger partial charge in [0.2, 0.25) is 5.91 Å². The van der Waals surface area contributed by atoms with Crippen LogP contribution in [0.2, 0.25) is 0 Å². The number of anilines is 1. The fourth-order valence-corrected chi connectivity index (χ4v) is 4.31. The largest absolute Gasteiger partial charge is 0.324 e. The van der Waals surface area contributed by atoms with Crippen LogP contribution >= 0.6 is 11.3 Å². The Labute approximate surface area is 166 Å². The van der Waals surface area contributed by atoms with E-state index in [0.717, 1.165) is 16.0 Å². The minimum atomic E-state index is -0.543. The first-order chi connectivity index (χ1) is 13.4. The van der Waals surface area contributed by atoms with Gasteiger partial charge in [-0.05, 0) is 66.8 Å². The topological polar surface area (TPSA) is 49.4 Å². The van der Waals surface area contributed by atoms with Crippen molar-refractivity contribution in [3.05, 3.63) is 86.9 Å². The van der Waals surface area contributed by atoms with Crippen LogP contribution in [0.3, 0.4) is 0 Å². The summed E-state index contributed by atoms with van der Waals surface area (Å²) in [7, 11) is 0. The number of fused-ring (bicyclic) bond motifs is 1. The van der Waals surface area contributed by atoms with Crippen LogP contribution in [0.5, 0.6) is 0 Å². The average Bonchev–Trinajstić information content (AvgIpc) is 3.14. The highest BCUT2D eigenvalue weighted by molar-refractivity contribution is 7.10. The Kier molecular flexibility index (Phi) is 4.73. The summed E-state index contributed by atoms with van der Waals surface area (Å²) in [5.41, 5.74) is 3.71. The van der Waals surface area contributed by atoms with Gasteiger partial charge in [0, 0.05) is 21.7 Å². The molecule has 1 aliphatic rings. The number of hydrogen-bond donors (Lipinski definition) is 1. The standard InChI is InChI=1S/C22H19FN2O2S/c1-13-5-6-15(10-14(13)2)22(27)25-12-20(26)24-18-8-7-16(23)11-17(18)21(25)19-4-3-9-28-19/h3-11,21H,12H2,1-2H3,(H,24,26). The first-order valence-corrected chi connectivity index (χ1v) is 9.83. The first kappa shape index (κ1) is 18.4. The maximum atomic E-state index is 14.1. The van der Waals surface area contributed by atoms with Gasteiger partial charge in [0.05, 0.1) is 6.04 Å². The van der Waals surface area contributed by atoms with Gasteiger partial charge in [-0.2, -0.15) is 0 Å². The predicted octanol–water partition coefficient (Wildman–Crippen LogP) is 4.69. The molecule has 6 heteroatoms. The van der Waals surface area contributed by atoms with Crippen molar-refractivity contribution in [2.75, 3.05) is 11.9 Å². The molecule has 0 spiro atoms. The van der Waals surface area contributed by atoms with Crippen LogP contribution in [-0.2, 0) is 4.79 Å². The molecule has 2 heterocycles. The Morgan fingerprint density at radius 3 is 2.68 bits per heavy atom. The van der Waals surface area contributed by atoms with Crippen LogP contribution in [0.25, 0.3) is 0 Å². The molecule has 2 amide bonds. The zero-order valence-electron chi connectivity index (χ0n) is 15.5. The van der Waals surface area contributed by atoms with Crippen molar-refractivity contribution in [2.24, 2.45) is 0 Å². The summed E-state index contributed by atoms with van der Waals surface area (Å²) in [4.78, 5) is 28.3. The molecule has 0 aliphatic carbocycles. The molecule has 0 fully saturated rings. The van der Waals surface area contributed by atoms with E-state index in [1.54, 1.807) is 12.1 Å². The minimum absolute atomic E-state index is 0.107. The van der Waals surface area contributed by atoms with Crippen molar-refractivity contribution in [1.29, 1.82) is 0 Å². The van der Waals surface area contributed by atoms with Crippen LogP contribution in [0.4, 0.5) is 10.1 Å². The number of benzene rings is 2. The van der Waals surface area contributed by atoms with Crippen LogP contribution in [-0.4, -0.2) is 23.3 Å². The number of carbonyl (C=O) groups excluding carboxylic acids is 2. The zero-order valence-corrected chi connectivity index (χ0v) is 16.3. The highest BCUT2D eigenvalue weighted by Crippen LogP contribution is 2.38. The Morgan fingerprint density at radius 2 is 1.96 bits per heavy atom. The number of carbonyl (C=O) groups is 2. The summed E-state index contributed by atoms with van der Waals surface area (Å²) in [5, 5.41) is 4.71. The van der Waals surface area contributed by atoms with E-state index in [2.05, 4.69) is 5.32 Å². The quantitative estimate of drug-likeness (QED) is 0.686. The van der Waals surface area contributed by atoms with Gasteiger partial charge >= 0.3 is 0 Å². The molecule has 0 saturated heterocycles. The monoisotopic (exact) mass is 394 g/mol. The van der Waals surface area contributed by atoms with E-state index in [9.17, 15) is 14.0 Å². The molecular weight excluding hydrogens is 375 g/mol. The van der Waals surface area contributed by atoms with Crippen LogP contribution in [0, 0.1) is 19.7 Å². The van der Waals surface area contributed by atoms with E-state index in [1.807, 2.05) is 43.5 Å². The minimum Gasteiger partial charge on any atom is -0.324 e. The number of nitrogens with one attached hydrogen (secondary N) is 1. The highest BCUT2D eigenvalue weighted by atomic mass is 32.1. The number of aryl methyl sites for hydroxylation is 2. The number of halogens is 1. The van der Waals surface area contributed by atoms with Crippen molar-refractivity contribution in [1.82, 2.24) is 4.90 Å². The number of rotatable bonds is 2. The maximum absolute atomic E-state index is 14.1. The zero-order chi connectivity index (χ0) is 19.8. The summed E-state index contributed by atoms with van der Waals surface area (Å²) < 4.78 is 14.1. The van der Waals surface area contributed by atoms with Gasteiger partial charge in [-0.15, -0.1) is 11.3 Å². The second-order valence-corrected chi connectivity index (χ2v) is 7.91. The fourth-order valence-electron chi connectivity index (χ4n) is 3.46. The molecule has 1 aliphatic heterocycles. The molecule has 142 valence electrons. The molecule has 3 aromatic rings. The Hall–Kier alpha value is -2.99. The smallest absolute Gasteiger partial charge is 0.255 e. The van der Waals surface area contributed by atoms with E-state index in [0.29, 0.717) is 16.8 Å². The second kappa shape index (κ2) is 7.20. The lowest BCUT2D eigenvalue weighted by atomic mass is 10.00. The summed E-state index contributed by atoms with van der Waals surface area (Å²) in [6.45, 7) is 3.82. The molecule has 0 radical (unpaired) electrons. The molecule has 0 saturated carbocycles. The molecule has 2 aromatic carbocycles. The van der Waals surface area contributed by atoms with Crippen molar-refractivity contribution in [3.8, 4) is 0 Å². The number of amides is 2. The Bertz CT molecular complexity index is 1060. The van der Waals surface area contributed by atoms with Crippen molar-refractivity contribution < 1.29 is 14.0 Å². The lowest BCUT2D eigenvalue weighted by molar-refractivity contribution is -0.117. The predicted molar refractivity (Wildman–Crippen MR) is 108 cm³/mol. The molecule has 1 N–H and O–H groups in total. The third kappa shape index (κ3) is 3.31. The fraction of sp³-hybridized carbons (Fsp3) is 0.182. The van der Waals surface area contributed by atoms with Gasteiger partial charge in [0.25, 0.3) is 5.91 Å². The van der Waals surface area contributed by atoms with E-state index < -0.39 is 11.9 Å². The van der Waals surface area contributed by atoms with Crippen molar-refractivity contribution >= 4 is 28.8 Å². The average molecular weight is 394 g/mol. The number of thiophene rings is 1. The molecule has 1 atom stereocenters. The molecule has 4 nitrogen and oxygen atoms in total. The van der Waals surface area contributed by atoms with Crippen LogP contribution in [0.15, 0.2) is 53.9 Å². The number of hydrogen-bond acceptors (Lipinski definition) is 3. The lowest BCUT2D eigenvalue weighted by Crippen LogP contribution is -2.38. The summed E-state index contributed by atoms with van der Waals surface area (Å²) in [6.07, 6.45) is 0. The van der Waals surface area contributed by atoms with Gasteiger partial charge < -0.3 is 10.2 Å². The Morgan fingerprint density at radius 1 is 1.14 bits per heavy atom. The summed E-state index contributed by atoms with van der Waals surface area (Å²) in [6, 6.07) is 13.0. The SMILES string of the molecule is Cc1ccc(C(=O)N2CC(=O)Nc3ccc(F)cc3C2c2cccs2)cc1C. The maximum Gasteiger partial charge on any atom is 0.255 e. The van der Waals surface area contributed by atoms with Crippen LogP contribution in [0.1, 0.15) is 38.0 Å². The first-order valence-electron chi connectivity index (χ1n) is 8.95. The summed E-state index contributed by atoms with van der Waals surface area (Å²) >= 11 is 1.48. The molecule has 0 bridgehead atoms. The van der Waals surface area contributed by atoms with Gasteiger partial charge in [-0.1, -0.05) is 12.1 Å². The number of nitrogens with zero attached hydrogens (tertiary/aromatic N) is 1. The van der Waals surface area contributed by atoms with Crippen LogP contribution < -0.4 is 5.32 Å². The van der Waals surface area contributed by atoms with Gasteiger partial charge in [0.1, 0.15) is 12.4 Å². The normalized spacial score (nSPS) is 16.3. The van der Waals surface area contributed by atoms with E-state index in [4.69, 9.17) is 0 Å². The van der Waals surface area contributed by atoms with Crippen molar-refractivity contribution in [3.63, 3.8) is 0 Å².